The largest absolute Gasteiger partial charge is 0.338 e. The minimum atomic E-state index is -0.371. The molecule has 0 aliphatic carbocycles. The lowest BCUT2D eigenvalue weighted by Gasteiger charge is -2.10. The minimum absolute atomic E-state index is 0. The van der Waals surface area contributed by atoms with Crippen molar-refractivity contribution in [3.05, 3.63) is 83.2 Å². The van der Waals surface area contributed by atoms with Gasteiger partial charge in [0.2, 0.25) is 0 Å². The van der Waals surface area contributed by atoms with Gasteiger partial charge in [0.15, 0.2) is 0 Å². The molecule has 0 bridgehead atoms. The lowest BCUT2D eigenvalue weighted by atomic mass is 10.1. The van der Waals surface area contributed by atoms with Crippen LogP contribution in [0.5, 0.6) is 0 Å². The van der Waals surface area contributed by atoms with Gasteiger partial charge < -0.3 is 10.3 Å². The van der Waals surface area contributed by atoms with Crippen molar-refractivity contribution >= 4 is 35.0 Å². The highest BCUT2D eigenvalue weighted by Gasteiger charge is 2.11. The van der Waals surface area contributed by atoms with E-state index in [2.05, 4.69) is 21.4 Å². The number of anilines is 1. The number of hydrogen-bond acceptors (Lipinski definition) is 2. The molecule has 0 aliphatic heterocycles. The lowest BCUT2D eigenvalue weighted by molar-refractivity contribution is 0.102. The number of nitrogens with one attached hydrogen (secondary N) is 2. The molecule has 0 fully saturated rings. The van der Waals surface area contributed by atoms with E-state index in [4.69, 9.17) is 0 Å². The third-order valence-electron chi connectivity index (χ3n) is 4.50. The van der Waals surface area contributed by atoms with Crippen molar-refractivity contribution in [1.82, 2.24) is 9.97 Å². The molecule has 0 unspecified atom stereocenters. The smallest absolute Gasteiger partial charge is 0.255 e. The van der Waals surface area contributed by atoms with Gasteiger partial charge in [-0.2, -0.15) is 0 Å². The van der Waals surface area contributed by atoms with Gasteiger partial charge in [0.25, 0.3) is 5.91 Å². The van der Waals surface area contributed by atoms with Crippen LogP contribution in [0.3, 0.4) is 0 Å². The second-order valence-electron chi connectivity index (χ2n) is 6.60. The van der Waals surface area contributed by atoms with Crippen LogP contribution >= 0.6 is 12.4 Å². The van der Waals surface area contributed by atoms with E-state index < -0.39 is 0 Å². The van der Waals surface area contributed by atoms with E-state index in [9.17, 15) is 9.18 Å². The summed E-state index contributed by atoms with van der Waals surface area (Å²) < 4.78 is 13.1. The first-order valence-electron chi connectivity index (χ1n) is 8.64. The van der Waals surface area contributed by atoms with E-state index in [0.29, 0.717) is 11.3 Å². The predicted molar refractivity (Wildman–Crippen MR) is 113 cm³/mol. The summed E-state index contributed by atoms with van der Waals surface area (Å²) in [7, 11) is 0. The van der Waals surface area contributed by atoms with Crippen LogP contribution in [0.15, 0.2) is 60.7 Å². The van der Waals surface area contributed by atoms with Crippen LogP contribution in [0.4, 0.5) is 10.1 Å². The van der Waals surface area contributed by atoms with Crippen molar-refractivity contribution < 1.29 is 9.18 Å². The van der Waals surface area contributed by atoms with Crippen LogP contribution in [-0.4, -0.2) is 15.9 Å². The van der Waals surface area contributed by atoms with Crippen molar-refractivity contribution in [3.8, 4) is 11.4 Å². The molecule has 142 valence electrons. The molecule has 6 heteroatoms. The number of hydrogen-bond donors (Lipinski definition) is 2. The second-order valence-corrected chi connectivity index (χ2v) is 6.60. The van der Waals surface area contributed by atoms with Crippen molar-refractivity contribution in [3.63, 3.8) is 0 Å². The maximum Gasteiger partial charge on any atom is 0.255 e. The molecule has 0 saturated heterocycles. The first kappa shape index (κ1) is 19.6. The van der Waals surface area contributed by atoms with Crippen LogP contribution in [0.25, 0.3) is 22.4 Å². The molecule has 0 spiro atoms. The molecule has 1 heterocycles. The Morgan fingerprint density at radius 2 is 1.75 bits per heavy atom. The average molecular weight is 396 g/mol. The number of aromatic nitrogens is 2. The van der Waals surface area contributed by atoms with E-state index in [0.717, 1.165) is 33.5 Å². The highest BCUT2D eigenvalue weighted by atomic mass is 35.5. The minimum Gasteiger partial charge on any atom is -0.338 e. The van der Waals surface area contributed by atoms with E-state index >= 15 is 0 Å². The Morgan fingerprint density at radius 1 is 1.00 bits per heavy atom. The second kappa shape index (κ2) is 7.82. The van der Waals surface area contributed by atoms with E-state index in [1.165, 1.54) is 24.3 Å². The number of halogens is 2. The molecule has 0 radical (unpaired) electrons. The van der Waals surface area contributed by atoms with Crippen molar-refractivity contribution in [1.29, 1.82) is 0 Å². The van der Waals surface area contributed by atoms with Crippen LogP contribution in [0.1, 0.15) is 21.5 Å². The van der Waals surface area contributed by atoms with Gasteiger partial charge in [0.1, 0.15) is 11.6 Å². The van der Waals surface area contributed by atoms with E-state index in [1.54, 1.807) is 0 Å². The van der Waals surface area contributed by atoms with E-state index in [1.807, 2.05) is 44.2 Å². The summed E-state index contributed by atoms with van der Waals surface area (Å²) >= 11 is 0. The van der Waals surface area contributed by atoms with Gasteiger partial charge in [-0.3, -0.25) is 4.79 Å². The molecule has 4 nitrogen and oxygen atoms in total. The summed E-state index contributed by atoms with van der Waals surface area (Å²) in [6, 6.07) is 17.3. The Hall–Kier alpha value is -3.18. The van der Waals surface area contributed by atoms with Gasteiger partial charge >= 0.3 is 0 Å². The fourth-order valence-corrected chi connectivity index (χ4v) is 2.96. The van der Waals surface area contributed by atoms with Gasteiger partial charge in [-0.05, 0) is 67.4 Å². The molecule has 0 saturated carbocycles. The standard InChI is InChI=1S/C22H18FN3O.ClH/c1-13-3-10-18-20(11-13)25-21(24-18)16-5-4-14(2)19(12-16)26-22(27)15-6-8-17(23)9-7-15;/h3-12H,1-2H3,(H,24,25)(H,26,27);1H. The molecular formula is C22H19ClFN3O. The zero-order valence-electron chi connectivity index (χ0n) is 15.4. The fraction of sp³-hybridized carbons (Fsp3) is 0.0909. The van der Waals surface area contributed by atoms with Gasteiger partial charge in [0, 0.05) is 16.8 Å². The maximum atomic E-state index is 13.1. The predicted octanol–water partition coefficient (Wildman–Crippen LogP) is 5.66. The summed E-state index contributed by atoms with van der Waals surface area (Å²) in [4.78, 5) is 20.4. The number of H-pyrrole nitrogens is 1. The topological polar surface area (TPSA) is 57.8 Å². The molecule has 28 heavy (non-hydrogen) atoms. The van der Waals surface area contributed by atoms with Crippen molar-refractivity contribution in [2.75, 3.05) is 5.32 Å². The molecule has 0 aliphatic rings. The molecule has 4 rings (SSSR count). The highest BCUT2D eigenvalue weighted by Crippen LogP contribution is 2.26. The maximum absolute atomic E-state index is 13.1. The number of imidazole rings is 1. The number of fused-ring (bicyclic) bond motifs is 1. The van der Waals surface area contributed by atoms with Crippen LogP contribution in [-0.2, 0) is 0 Å². The monoisotopic (exact) mass is 395 g/mol. The molecular weight excluding hydrogens is 377 g/mol. The third-order valence-corrected chi connectivity index (χ3v) is 4.50. The number of nitrogens with zero attached hydrogens (tertiary/aromatic N) is 1. The fourth-order valence-electron chi connectivity index (χ4n) is 2.96. The Kier molecular flexibility index (Phi) is 5.47. The Labute approximate surface area is 168 Å². The molecule has 3 aromatic carbocycles. The number of aryl methyl sites for hydroxylation is 2. The normalized spacial score (nSPS) is 10.5. The zero-order valence-corrected chi connectivity index (χ0v) is 16.2. The van der Waals surface area contributed by atoms with Gasteiger partial charge in [0.05, 0.1) is 11.0 Å². The summed E-state index contributed by atoms with van der Waals surface area (Å²) in [5, 5.41) is 2.90. The summed E-state index contributed by atoms with van der Waals surface area (Å²) in [5.41, 5.74) is 5.94. The summed E-state index contributed by atoms with van der Waals surface area (Å²) in [6.45, 7) is 3.96. The van der Waals surface area contributed by atoms with Crippen molar-refractivity contribution in [2.24, 2.45) is 0 Å². The number of rotatable bonds is 3. The molecule has 1 amide bonds. The zero-order chi connectivity index (χ0) is 19.0. The third kappa shape index (κ3) is 3.89. The number of carbonyl (C=O) groups excluding carboxylic acids is 1. The van der Waals surface area contributed by atoms with E-state index in [-0.39, 0.29) is 24.1 Å². The highest BCUT2D eigenvalue weighted by molar-refractivity contribution is 6.04. The van der Waals surface area contributed by atoms with Gasteiger partial charge in [-0.15, -0.1) is 12.4 Å². The number of benzene rings is 3. The number of amides is 1. The summed E-state index contributed by atoms with van der Waals surface area (Å²) in [5.74, 6) is 0.0909. The molecule has 4 aromatic rings. The SMILES string of the molecule is Cc1ccc2nc(-c3ccc(C)c(NC(=O)c4ccc(F)cc4)c3)[nH]c2c1.Cl. The Morgan fingerprint density at radius 3 is 2.50 bits per heavy atom. The number of aromatic amines is 1. The first-order chi connectivity index (χ1) is 13.0. The average Bonchev–Trinajstić information content (AvgIpc) is 3.07. The van der Waals surface area contributed by atoms with Crippen molar-refractivity contribution in [2.45, 2.75) is 13.8 Å². The molecule has 0 atom stereocenters. The number of carbonyl (C=O) groups is 1. The van der Waals surface area contributed by atoms with Crippen LogP contribution < -0.4 is 5.32 Å². The molecule has 1 aromatic heterocycles. The first-order valence-corrected chi connectivity index (χ1v) is 8.64. The van der Waals surface area contributed by atoms with Crippen LogP contribution in [0.2, 0.25) is 0 Å². The summed E-state index contributed by atoms with van der Waals surface area (Å²) in [6.07, 6.45) is 0. The quantitative estimate of drug-likeness (QED) is 0.470. The molecule has 2 N–H and O–H groups in total. The Bertz CT molecular complexity index is 1150. The van der Waals surface area contributed by atoms with Gasteiger partial charge in [-0.1, -0.05) is 18.2 Å². The lowest BCUT2D eigenvalue weighted by Crippen LogP contribution is -2.12. The van der Waals surface area contributed by atoms with Gasteiger partial charge in [-0.25, -0.2) is 9.37 Å². The van der Waals surface area contributed by atoms with Crippen LogP contribution in [0, 0.1) is 19.7 Å². The Balaban J connectivity index is 0.00000225.